The lowest BCUT2D eigenvalue weighted by Gasteiger charge is -2.35. The van der Waals surface area contributed by atoms with E-state index in [-0.39, 0.29) is 6.61 Å². The number of benzene rings is 2. The van der Waals surface area contributed by atoms with Gasteiger partial charge in [0.2, 0.25) is 0 Å². The Bertz CT molecular complexity index is 1320. The zero-order valence-corrected chi connectivity index (χ0v) is 24.7. The van der Waals surface area contributed by atoms with Crippen LogP contribution in [0.15, 0.2) is 36.4 Å². The van der Waals surface area contributed by atoms with Gasteiger partial charge >= 0.3 is 5.97 Å². The van der Waals surface area contributed by atoms with E-state index in [9.17, 15) is 15.0 Å². The lowest BCUT2D eigenvalue weighted by molar-refractivity contribution is 0.0697. The minimum atomic E-state index is -0.870. The summed E-state index contributed by atoms with van der Waals surface area (Å²) in [6, 6.07) is 12.7. The molecule has 0 spiro atoms. The summed E-state index contributed by atoms with van der Waals surface area (Å²) in [6.45, 7) is 12.9. The molecule has 0 aliphatic carbocycles. The average molecular weight is 546 g/mol. The van der Waals surface area contributed by atoms with E-state index in [4.69, 9.17) is 0 Å². The number of rotatable bonds is 11. The summed E-state index contributed by atoms with van der Waals surface area (Å²) >= 11 is 0. The zero-order chi connectivity index (χ0) is 28.2. The molecule has 0 bridgehead atoms. The van der Waals surface area contributed by atoms with Gasteiger partial charge in [-0.2, -0.15) is 0 Å². The van der Waals surface area contributed by atoms with Gasteiger partial charge in [-0.15, -0.1) is 0 Å². The Morgan fingerprint density at radius 1 is 1.02 bits per heavy atom. The van der Waals surface area contributed by atoms with Crippen LogP contribution in [-0.2, 0) is 6.54 Å². The summed E-state index contributed by atoms with van der Waals surface area (Å²) in [5.41, 5.74) is 7.96. The molecule has 5 rings (SSSR count). The van der Waals surface area contributed by atoms with E-state index in [0.29, 0.717) is 17.4 Å². The lowest BCUT2D eigenvalue weighted by atomic mass is 9.86. The standard InChI is InChI=1S/C34H47N3O3/c1-4-7-26(8-5-2)32-28-13-11-27(34(39)40)22-31(28)37-19-18-36(30-21-24(3)10-12-29(30)33(32)37)17-16-35-15-6-9-25(23-35)14-20-38/h10-13,21-22,25-26,38H,4-9,14-20,23H2,1-3H3,(H,39,40). The molecule has 1 atom stereocenters. The van der Waals surface area contributed by atoms with E-state index >= 15 is 0 Å². The molecule has 0 radical (unpaired) electrons. The van der Waals surface area contributed by atoms with Crippen molar-refractivity contribution < 1.29 is 15.0 Å². The third-order valence-corrected chi connectivity index (χ3v) is 9.20. The molecular formula is C34H47N3O3. The van der Waals surface area contributed by atoms with Gasteiger partial charge in [0.05, 0.1) is 11.3 Å². The molecule has 216 valence electrons. The Kier molecular flexibility index (Phi) is 9.17. The van der Waals surface area contributed by atoms with Crippen LogP contribution in [0.4, 0.5) is 5.69 Å². The molecule has 6 nitrogen and oxygen atoms in total. The summed E-state index contributed by atoms with van der Waals surface area (Å²) < 4.78 is 2.43. The van der Waals surface area contributed by atoms with Crippen LogP contribution in [0.3, 0.4) is 0 Å². The second-order valence-electron chi connectivity index (χ2n) is 12.1. The number of likely N-dealkylation sites (tertiary alicyclic amines) is 1. The highest BCUT2D eigenvalue weighted by Gasteiger charge is 2.30. The van der Waals surface area contributed by atoms with E-state index in [0.717, 1.165) is 76.9 Å². The van der Waals surface area contributed by atoms with Crippen LogP contribution in [0.5, 0.6) is 0 Å². The first kappa shape index (κ1) is 28.7. The Labute approximate surface area is 239 Å². The number of carboxylic acid groups (broad SMARTS) is 1. The van der Waals surface area contributed by atoms with Crippen molar-refractivity contribution in [3.63, 3.8) is 0 Å². The van der Waals surface area contributed by atoms with Gasteiger partial charge in [-0.3, -0.25) is 0 Å². The third kappa shape index (κ3) is 5.80. The van der Waals surface area contributed by atoms with Crippen molar-refractivity contribution in [3.05, 3.63) is 53.1 Å². The van der Waals surface area contributed by atoms with Crippen LogP contribution in [0.1, 0.15) is 86.2 Å². The molecule has 2 N–H and O–H groups in total. The minimum absolute atomic E-state index is 0.284. The van der Waals surface area contributed by atoms with E-state index in [1.165, 1.54) is 46.3 Å². The van der Waals surface area contributed by atoms with Gasteiger partial charge in [-0.1, -0.05) is 44.9 Å². The van der Waals surface area contributed by atoms with E-state index in [2.05, 4.69) is 59.4 Å². The van der Waals surface area contributed by atoms with Crippen molar-refractivity contribution >= 4 is 22.6 Å². The van der Waals surface area contributed by atoms with Gasteiger partial charge in [0.25, 0.3) is 0 Å². The number of hydrogen-bond donors (Lipinski definition) is 2. The normalized spacial score (nSPS) is 17.7. The van der Waals surface area contributed by atoms with E-state index in [1.54, 1.807) is 6.07 Å². The van der Waals surface area contributed by atoms with Crippen molar-refractivity contribution in [2.75, 3.05) is 44.2 Å². The third-order valence-electron chi connectivity index (χ3n) is 9.20. The average Bonchev–Trinajstić information content (AvgIpc) is 3.17. The maximum Gasteiger partial charge on any atom is 0.335 e. The summed E-state index contributed by atoms with van der Waals surface area (Å²) in [6.07, 6.45) is 7.87. The topological polar surface area (TPSA) is 68.9 Å². The molecule has 1 aromatic heterocycles. The Balaban J connectivity index is 1.58. The van der Waals surface area contributed by atoms with Crippen molar-refractivity contribution in [2.45, 2.75) is 78.2 Å². The van der Waals surface area contributed by atoms with Crippen LogP contribution in [0.2, 0.25) is 0 Å². The van der Waals surface area contributed by atoms with Crippen LogP contribution in [-0.4, -0.2) is 65.0 Å². The maximum atomic E-state index is 12.0. The number of carbonyl (C=O) groups is 1. The first-order valence-corrected chi connectivity index (χ1v) is 15.5. The van der Waals surface area contributed by atoms with Gasteiger partial charge in [0.1, 0.15) is 0 Å². The number of anilines is 1. The molecule has 0 saturated carbocycles. The number of aliphatic hydroxyl groups is 1. The lowest BCUT2D eigenvalue weighted by Crippen LogP contribution is -2.41. The van der Waals surface area contributed by atoms with Gasteiger partial charge < -0.3 is 24.6 Å². The highest BCUT2D eigenvalue weighted by atomic mass is 16.4. The quantitative estimate of drug-likeness (QED) is 0.274. The summed E-state index contributed by atoms with van der Waals surface area (Å²) in [5, 5.41) is 20.5. The molecule has 1 fully saturated rings. The summed E-state index contributed by atoms with van der Waals surface area (Å²) in [5.74, 6) is 0.177. The highest BCUT2D eigenvalue weighted by Crippen LogP contribution is 2.46. The van der Waals surface area contributed by atoms with Crippen molar-refractivity contribution in [1.29, 1.82) is 0 Å². The predicted octanol–water partition coefficient (Wildman–Crippen LogP) is 6.91. The molecule has 3 aromatic rings. The van der Waals surface area contributed by atoms with Crippen molar-refractivity contribution in [2.24, 2.45) is 5.92 Å². The monoisotopic (exact) mass is 545 g/mol. The largest absolute Gasteiger partial charge is 0.478 e. The molecule has 2 aromatic carbocycles. The van der Waals surface area contributed by atoms with Crippen LogP contribution in [0, 0.1) is 12.8 Å². The highest BCUT2D eigenvalue weighted by molar-refractivity contribution is 5.99. The fraction of sp³-hybridized carbons (Fsp3) is 0.559. The zero-order valence-electron chi connectivity index (χ0n) is 24.7. The maximum absolute atomic E-state index is 12.0. The molecule has 2 aliphatic rings. The smallest absolute Gasteiger partial charge is 0.335 e. The van der Waals surface area contributed by atoms with Crippen molar-refractivity contribution in [3.8, 4) is 11.3 Å². The predicted molar refractivity (Wildman–Crippen MR) is 165 cm³/mol. The van der Waals surface area contributed by atoms with Gasteiger partial charge in [-0.05, 0) is 86.7 Å². The number of hydrogen-bond acceptors (Lipinski definition) is 4. The Hall–Kier alpha value is -2.83. The molecule has 1 saturated heterocycles. The number of carboxylic acids is 1. The number of fused-ring (bicyclic) bond motifs is 5. The van der Waals surface area contributed by atoms with Crippen molar-refractivity contribution in [1.82, 2.24) is 9.47 Å². The Morgan fingerprint density at radius 2 is 1.82 bits per heavy atom. The van der Waals surface area contributed by atoms with Gasteiger partial charge in [0, 0.05) is 61.5 Å². The molecule has 6 heteroatoms. The Morgan fingerprint density at radius 3 is 2.55 bits per heavy atom. The number of aromatic carboxylic acids is 1. The number of aromatic nitrogens is 1. The SMILES string of the molecule is CCCC(CCC)c1c2n(c3cc(C(=O)O)ccc13)CCN(CCN1CCCC(CCO)C1)c1cc(C)ccc1-2. The van der Waals surface area contributed by atoms with E-state index in [1.807, 2.05) is 6.07 Å². The van der Waals surface area contributed by atoms with Gasteiger partial charge in [-0.25, -0.2) is 4.79 Å². The fourth-order valence-electron chi connectivity index (χ4n) is 7.29. The molecular weight excluding hydrogens is 498 g/mol. The van der Waals surface area contributed by atoms with E-state index < -0.39 is 5.97 Å². The first-order valence-electron chi connectivity index (χ1n) is 15.5. The number of nitrogens with zero attached hydrogens (tertiary/aromatic N) is 3. The fourth-order valence-corrected chi connectivity index (χ4v) is 7.29. The molecule has 1 unspecified atom stereocenters. The number of aryl methyl sites for hydroxylation is 1. The van der Waals surface area contributed by atoms with Gasteiger partial charge in [0.15, 0.2) is 0 Å². The molecule has 3 heterocycles. The number of aliphatic hydroxyl groups excluding tert-OH is 1. The summed E-state index contributed by atoms with van der Waals surface area (Å²) in [7, 11) is 0. The second-order valence-corrected chi connectivity index (χ2v) is 12.1. The molecule has 0 amide bonds. The minimum Gasteiger partial charge on any atom is -0.478 e. The van der Waals surface area contributed by atoms with Crippen LogP contribution < -0.4 is 4.90 Å². The van der Waals surface area contributed by atoms with Crippen LogP contribution >= 0.6 is 0 Å². The van der Waals surface area contributed by atoms with Crippen LogP contribution in [0.25, 0.3) is 22.2 Å². The molecule has 2 aliphatic heterocycles. The number of piperidine rings is 1. The second kappa shape index (κ2) is 12.8. The molecule has 40 heavy (non-hydrogen) atoms. The summed E-state index contributed by atoms with van der Waals surface area (Å²) in [4.78, 5) is 17.1. The first-order chi connectivity index (χ1) is 19.4.